The third kappa shape index (κ3) is 3.79. The fourth-order valence-electron chi connectivity index (χ4n) is 2.96. The Balaban J connectivity index is 1.86. The molecule has 0 radical (unpaired) electrons. The molecule has 0 amide bonds. The Hall–Kier alpha value is -2.70. The van der Waals surface area contributed by atoms with Gasteiger partial charge in [-0.3, -0.25) is 4.68 Å². The van der Waals surface area contributed by atoms with Gasteiger partial charge in [0.25, 0.3) is 0 Å². The molecule has 0 saturated heterocycles. The van der Waals surface area contributed by atoms with Crippen LogP contribution in [0.1, 0.15) is 6.92 Å². The molecule has 28 heavy (non-hydrogen) atoms. The molecule has 0 atom stereocenters. The molecule has 0 aliphatic rings. The molecule has 2 aromatic heterocycles. The zero-order chi connectivity index (χ0) is 19.7. The van der Waals surface area contributed by atoms with Crippen LogP contribution in [-0.2, 0) is 6.54 Å². The second-order valence-electron chi connectivity index (χ2n) is 6.26. The molecule has 4 aromatic rings. The lowest BCUT2D eigenvalue weighted by atomic mass is 10.0. The highest BCUT2D eigenvalue weighted by atomic mass is 79.9. The molecule has 0 aliphatic heterocycles. The van der Waals surface area contributed by atoms with E-state index in [2.05, 4.69) is 32.8 Å². The van der Waals surface area contributed by atoms with Gasteiger partial charge in [0.15, 0.2) is 0 Å². The van der Waals surface area contributed by atoms with Crippen LogP contribution >= 0.6 is 27.5 Å². The van der Waals surface area contributed by atoms with Gasteiger partial charge in [-0.25, -0.2) is 9.97 Å². The van der Waals surface area contributed by atoms with Crippen molar-refractivity contribution in [2.24, 2.45) is 0 Å². The average molecular weight is 455 g/mol. The van der Waals surface area contributed by atoms with Crippen molar-refractivity contribution in [3.8, 4) is 33.8 Å². The molecule has 0 unspecified atom stereocenters. The number of nitrogens with two attached hydrogens (primary N) is 1. The van der Waals surface area contributed by atoms with Gasteiger partial charge in [-0.05, 0) is 37.3 Å². The predicted octanol–water partition coefficient (Wildman–Crippen LogP) is 5.69. The van der Waals surface area contributed by atoms with Crippen LogP contribution in [0.4, 0.5) is 5.95 Å². The average Bonchev–Trinajstić information content (AvgIpc) is 3.13. The summed E-state index contributed by atoms with van der Waals surface area (Å²) in [6, 6.07) is 17.5. The number of nitrogens with zero attached hydrogens (tertiary/aromatic N) is 4. The number of rotatable bonds is 4. The summed E-state index contributed by atoms with van der Waals surface area (Å²) in [6.45, 7) is 2.81. The van der Waals surface area contributed by atoms with Gasteiger partial charge in [0, 0.05) is 38.9 Å². The first-order chi connectivity index (χ1) is 13.5. The summed E-state index contributed by atoms with van der Waals surface area (Å²) in [6.07, 6.45) is 1.99. The molecule has 140 valence electrons. The van der Waals surface area contributed by atoms with Crippen molar-refractivity contribution >= 4 is 33.5 Å². The number of hydrogen-bond acceptors (Lipinski definition) is 4. The Morgan fingerprint density at radius 2 is 1.61 bits per heavy atom. The summed E-state index contributed by atoms with van der Waals surface area (Å²) in [5.41, 5.74) is 11.2. The number of aryl methyl sites for hydroxylation is 1. The van der Waals surface area contributed by atoms with Crippen LogP contribution in [0.2, 0.25) is 5.02 Å². The smallest absolute Gasteiger partial charge is 0.221 e. The van der Waals surface area contributed by atoms with E-state index in [4.69, 9.17) is 22.4 Å². The standard InChI is InChI=1S/C21H17BrClN5/c1-2-28-12-17(20(27-28)14-3-7-15(22)8-4-14)19-11-18(25-21(24)26-19)13-5-9-16(23)10-6-13/h3-12H,2H2,1H3,(H2,24,25,26). The number of aromatic nitrogens is 4. The molecule has 0 bridgehead atoms. The normalized spacial score (nSPS) is 11.0. The van der Waals surface area contributed by atoms with Crippen LogP contribution in [-0.4, -0.2) is 19.7 Å². The maximum Gasteiger partial charge on any atom is 0.221 e. The van der Waals surface area contributed by atoms with Crippen molar-refractivity contribution in [3.05, 3.63) is 70.3 Å². The topological polar surface area (TPSA) is 69.6 Å². The van der Waals surface area contributed by atoms with Gasteiger partial charge in [-0.15, -0.1) is 0 Å². The van der Waals surface area contributed by atoms with Crippen LogP contribution in [0.25, 0.3) is 33.8 Å². The number of hydrogen-bond donors (Lipinski definition) is 1. The zero-order valence-electron chi connectivity index (χ0n) is 15.1. The SMILES string of the molecule is CCn1cc(-c2cc(-c3ccc(Cl)cc3)nc(N)n2)c(-c2ccc(Br)cc2)n1. The van der Waals surface area contributed by atoms with Crippen molar-refractivity contribution in [1.82, 2.24) is 19.7 Å². The summed E-state index contributed by atoms with van der Waals surface area (Å²) in [7, 11) is 0. The fourth-order valence-corrected chi connectivity index (χ4v) is 3.35. The lowest BCUT2D eigenvalue weighted by Crippen LogP contribution is -1.99. The maximum atomic E-state index is 6.03. The van der Waals surface area contributed by atoms with Gasteiger partial charge in [0.1, 0.15) is 5.69 Å². The number of anilines is 1. The van der Waals surface area contributed by atoms with Crippen LogP contribution in [0.15, 0.2) is 65.3 Å². The number of benzene rings is 2. The summed E-state index contributed by atoms with van der Waals surface area (Å²) < 4.78 is 2.91. The van der Waals surface area contributed by atoms with Crippen molar-refractivity contribution < 1.29 is 0 Å². The van der Waals surface area contributed by atoms with E-state index in [-0.39, 0.29) is 5.95 Å². The van der Waals surface area contributed by atoms with E-state index in [1.165, 1.54) is 0 Å². The summed E-state index contributed by atoms with van der Waals surface area (Å²) >= 11 is 9.48. The van der Waals surface area contributed by atoms with Crippen molar-refractivity contribution in [2.75, 3.05) is 5.73 Å². The number of nitrogen functional groups attached to an aromatic ring is 1. The molecule has 2 N–H and O–H groups in total. The van der Waals surface area contributed by atoms with E-state index in [1.807, 2.05) is 65.5 Å². The maximum absolute atomic E-state index is 6.03. The number of halogens is 2. The lowest BCUT2D eigenvalue weighted by molar-refractivity contribution is 0.662. The summed E-state index contributed by atoms with van der Waals surface area (Å²) in [5, 5.41) is 5.41. The second-order valence-corrected chi connectivity index (χ2v) is 7.61. The molecule has 0 spiro atoms. The summed E-state index contributed by atoms with van der Waals surface area (Å²) in [5.74, 6) is 0.216. The molecule has 4 rings (SSSR count). The van der Waals surface area contributed by atoms with Crippen LogP contribution in [0.5, 0.6) is 0 Å². The van der Waals surface area contributed by atoms with Crippen LogP contribution < -0.4 is 5.73 Å². The molecule has 0 fully saturated rings. The first kappa shape index (κ1) is 18.7. The highest BCUT2D eigenvalue weighted by Crippen LogP contribution is 2.33. The third-order valence-corrected chi connectivity index (χ3v) is 5.14. The molecule has 2 aromatic carbocycles. The van der Waals surface area contributed by atoms with E-state index < -0.39 is 0 Å². The molecule has 2 heterocycles. The van der Waals surface area contributed by atoms with Gasteiger partial charge in [-0.1, -0.05) is 51.8 Å². The van der Waals surface area contributed by atoms with E-state index >= 15 is 0 Å². The predicted molar refractivity (Wildman–Crippen MR) is 117 cm³/mol. The minimum Gasteiger partial charge on any atom is -0.368 e. The Bertz CT molecular complexity index is 1120. The molecular formula is C21H17BrClN5. The Labute approximate surface area is 176 Å². The van der Waals surface area contributed by atoms with E-state index in [1.54, 1.807) is 0 Å². The lowest BCUT2D eigenvalue weighted by Gasteiger charge is -2.07. The van der Waals surface area contributed by atoms with Crippen LogP contribution in [0, 0.1) is 0 Å². The second kappa shape index (κ2) is 7.73. The fraction of sp³-hybridized carbons (Fsp3) is 0.0952. The van der Waals surface area contributed by atoms with Crippen molar-refractivity contribution in [2.45, 2.75) is 13.5 Å². The Morgan fingerprint density at radius 3 is 2.29 bits per heavy atom. The third-order valence-electron chi connectivity index (χ3n) is 4.36. The molecule has 7 heteroatoms. The monoisotopic (exact) mass is 453 g/mol. The van der Waals surface area contributed by atoms with Gasteiger partial charge < -0.3 is 5.73 Å². The van der Waals surface area contributed by atoms with Crippen molar-refractivity contribution in [1.29, 1.82) is 0 Å². The van der Waals surface area contributed by atoms with Gasteiger partial charge >= 0.3 is 0 Å². The first-order valence-corrected chi connectivity index (χ1v) is 9.95. The molecular weight excluding hydrogens is 438 g/mol. The summed E-state index contributed by atoms with van der Waals surface area (Å²) in [4.78, 5) is 8.87. The van der Waals surface area contributed by atoms with Gasteiger partial charge in [0.2, 0.25) is 5.95 Å². The molecule has 5 nitrogen and oxygen atoms in total. The van der Waals surface area contributed by atoms with Crippen molar-refractivity contribution in [3.63, 3.8) is 0 Å². The minimum atomic E-state index is 0.216. The van der Waals surface area contributed by atoms with E-state index in [9.17, 15) is 0 Å². The van der Waals surface area contributed by atoms with E-state index in [0.29, 0.717) is 5.02 Å². The van der Waals surface area contributed by atoms with Gasteiger partial charge in [-0.2, -0.15) is 5.10 Å². The minimum absolute atomic E-state index is 0.216. The Kier molecular flexibility index (Phi) is 5.15. The first-order valence-electron chi connectivity index (χ1n) is 8.77. The highest BCUT2D eigenvalue weighted by Gasteiger charge is 2.16. The highest BCUT2D eigenvalue weighted by molar-refractivity contribution is 9.10. The largest absolute Gasteiger partial charge is 0.368 e. The zero-order valence-corrected chi connectivity index (χ0v) is 17.4. The van der Waals surface area contributed by atoms with Gasteiger partial charge in [0.05, 0.1) is 11.4 Å². The molecule has 0 aliphatic carbocycles. The van der Waals surface area contributed by atoms with Crippen LogP contribution in [0.3, 0.4) is 0 Å². The molecule has 0 saturated carbocycles. The Morgan fingerprint density at radius 1 is 0.964 bits per heavy atom. The van der Waals surface area contributed by atoms with E-state index in [0.717, 1.165) is 44.8 Å². The quantitative estimate of drug-likeness (QED) is 0.430.